The van der Waals surface area contributed by atoms with Gasteiger partial charge in [-0.3, -0.25) is 4.90 Å². The fraction of sp³-hybridized carbons (Fsp3) is 0.524. The van der Waals surface area contributed by atoms with Crippen LogP contribution >= 0.6 is 11.3 Å². The monoisotopic (exact) mass is 432 g/mol. The molecule has 2 aromatic rings. The molecule has 0 spiro atoms. The summed E-state index contributed by atoms with van der Waals surface area (Å²) in [4.78, 5) is 21.3. The fourth-order valence-corrected chi connectivity index (χ4v) is 4.69. The van der Waals surface area contributed by atoms with Gasteiger partial charge in [0, 0.05) is 37.2 Å². The number of likely N-dealkylation sites (tertiary alicyclic amines) is 1. The van der Waals surface area contributed by atoms with Crippen LogP contribution in [0.3, 0.4) is 0 Å². The van der Waals surface area contributed by atoms with Gasteiger partial charge in [-0.05, 0) is 37.1 Å². The molecule has 162 valence electrons. The summed E-state index contributed by atoms with van der Waals surface area (Å²) in [6.07, 6.45) is 0.952. The van der Waals surface area contributed by atoms with Crippen LogP contribution in [0.1, 0.15) is 23.5 Å². The summed E-state index contributed by atoms with van der Waals surface area (Å²) in [7, 11) is 1.61. The van der Waals surface area contributed by atoms with Crippen molar-refractivity contribution in [1.29, 1.82) is 0 Å². The number of piperidine rings is 1. The molecule has 0 radical (unpaired) electrons. The molecule has 30 heavy (non-hydrogen) atoms. The third-order valence-electron chi connectivity index (χ3n) is 5.71. The minimum atomic E-state index is -0.976. The molecular formula is C21H28N4O4S. The second-order valence-electron chi connectivity index (χ2n) is 7.69. The van der Waals surface area contributed by atoms with E-state index in [1.165, 1.54) is 0 Å². The van der Waals surface area contributed by atoms with Crippen LogP contribution in [0.2, 0.25) is 0 Å². The number of methoxy groups -OCH3 is 1. The number of hydrogen-bond donors (Lipinski definition) is 2. The highest BCUT2D eigenvalue weighted by atomic mass is 32.1. The first-order valence-electron chi connectivity index (χ1n) is 10.2. The molecule has 2 aliphatic heterocycles. The second kappa shape index (κ2) is 9.30. The highest BCUT2D eigenvalue weighted by Gasteiger charge is 2.37. The smallest absolute Gasteiger partial charge is 0.321 e. The predicted molar refractivity (Wildman–Crippen MR) is 115 cm³/mol. The summed E-state index contributed by atoms with van der Waals surface area (Å²) in [5, 5.41) is 17.0. The highest BCUT2D eigenvalue weighted by molar-refractivity contribution is 7.09. The quantitative estimate of drug-likeness (QED) is 0.755. The zero-order valence-corrected chi connectivity index (χ0v) is 18.0. The van der Waals surface area contributed by atoms with Crippen LogP contribution in [0, 0.1) is 0 Å². The predicted octanol–water partition coefficient (Wildman–Crippen LogP) is 2.50. The van der Waals surface area contributed by atoms with E-state index >= 15 is 0 Å². The second-order valence-corrected chi connectivity index (χ2v) is 8.63. The minimum Gasteiger partial charge on any atom is -0.497 e. The number of urea groups is 1. The van der Waals surface area contributed by atoms with Crippen LogP contribution in [0.25, 0.3) is 0 Å². The van der Waals surface area contributed by atoms with Gasteiger partial charge >= 0.3 is 6.03 Å². The van der Waals surface area contributed by atoms with E-state index in [-0.39, 0.29) is 6.03 Å². The Labute approximate surface area is 180 Å². The van der Waals surface area contributed by atoms with Gasteiger partial charge in [0.05, 0.1) is 32.6 Å². The Kier molecular flexibility index (Phi) is 6.52. The number of carbonyl (C=O) groups is 1. The zero-order valence-electron chi connectivity index (χ0n) is 17.2. The molecule has 2 aliphatic rings. The van der Waals surface area contributed by atoms with Crippen molar-refractivity contribution in [1.82, 2.24) is 14.8 Å². The molecular weight excluding hydrogens is 404 g/mol. The topological polar surface area (TPSA) is 87.2 Å². The van der Waals surface area contributed by atoms with Crippen molar-refractivity contribution in [3.63, 3.8) is 0 Å². The number of carbonyl (C=O) groups excluding carboxylic acids is 1. The molecule has 2 amide bonds. The molecule has 4 rings (SSSR count). The first kappa shape index (κ1) is 21.0. The molecule has 8 nitrogen and oxygen atoms in total. The first-order chi connectivity index (χ1) is 14.6. The summed E-state index contributed by atoms with van der Waals surface area (Å²) < 4.78 is 10.5. The average Bonchev–Trinajstić information content (AvgIpc) is 3.25. The fourth-order valence-electron chi connectivity index (χ4n) is 3.76. The first-order valence-corrected chi connectivity index (χ1v) is 11.1. The van der Waals surface area contributed by atoms with Crippen LogP contribution in [0.5, 0.6) is 5.75 Å². The highest BCUT2D eigenvalue weighted by Crippen LogP contribution is 2.34. The number of benzene rings is 1. The Hall–Kier alpha value is -2.20. The molecule has 0 aliphatic carbocycles. The van der Waals surface area contributed by atoms with E-state index in [9.17, 15) is 9.90 Å². The number of ether oxygens (including phenoxy) is 2. The summed E-state index contributed by atoms with van der Waals surface area (Å²) in [5.41, 5.74) is 0.469. The summed E-state index contributed by atoms with van der Waals surface area (Å²) >= 11 is 1.59. The van der Waals surface area contributed by atoms with E-state index < -0.39 is 5.60 Å². The Morgan fingerprint density at radius 1 is 1.23 bits per heavy atom. The number of anilines is 1. The van der Waals surface area contributed by atoms with Gasteiger partial charge in [-0.25, -0.2) is 9.78 Å². The van der Waals surface area contributed by atoms with E-state index in [1.807, 2.05) is 17.5 Å². The van der Waals surface area contributed by atoms with E-state index in [1.54, 1.807) is 35.5 Å². The molecule has 0 unspecified atom stereocenters. The van der Waals surface area contributed by atoms with Gasteiger partial charge in [0.1, 0.15) is 16.4 Å². The standard InChI is InChI=1S/C21H28N4O4S/c1-28-17-4-2-16(3-5-17)22-20(26)25-8-6-21(27,7-9-25)18-15-30-19(23-18)14-24-10-12-29-13-11-24/h2-5,15,27H,6-14H2,1H3,(H,22,26). The number of morpholine rings is 1. The van der Waals surface area contributed by atoms with E-state index in [0.717, 1.165) is 49.3 Å². The van der Waals surface area contributed by atoms with Gasteiger partial charge in [0.2, 0.25) is 0 Å². The van der Waals surface area contributed by atoms with E-state index in [4.69, 9.17) is 14.5 Å². The molecule has 2 saturated heterocycles. The lowest BCUT2D eigenvalue weighted by atomic mass is 9.89. The lowest BCUT2D eigenvalue weighted by Crippen LogP contribution is -2.46. The lowest BCUT2D eigenvalue weighted by Gasteiger charge is -2.37. The van der Waals surface area contributed by atoms with Crippen molar-refractivity contribution in [3.05, 3.63) is 40.3 Å². The molecule has 0 atom stereocenters. The molecule has 3 heterocycles. The Morgan fingerprint density at radius 3 is 2.60 bits per heavy atom. The summed E-state index contributed by atoms with van der Waals surface area (Å²) in [5.74, 6) is 0.743. The Morgan fingerprint density at radius 2 is 1.93 bits per heavy atom. The number of aliphatic hydroxyl groups is 1. The largest absolute Gasteiger partial charge is 0.497 e. The van der Waals surface area contributed by atoms with Gasteiger partial charge in [-0.1, -0.05) is 0 Å². The van der Waals surface area contributed by atoms with Gasteiger partial charge in [0.25, 0.3) is 0 Å². The number of nitrogens with one attached hydrogen (secondary N) is 1. The minimum absolute atomic E-state index is 0.159. The Balaban J connectivity index is 1.31. The maximum atomic E-state index is 12.6. The van der Waals surface area contributed by atoms with E-state index in [2.05, 4.69) is 10.2 Å². The number of hydrogen-bond acceptors (Lipinski definition) is 7. The maximum Gasteiger partial charge on any atom is 0.321 e. The lowest BCUT2D eigenvalue weighted by molar-refractivity contribution is -0.0191. The van der Waals surface area contributed by atoms with Crippen LogP contribution in [0.15, 0.2) is 29.6 Å². The van der Waals surface area contributed by atoms with Crippen molar-refractivity contribution < 1.29 is 19.4 Å². The van der Waals surface area contributed by atoms with Crippen molar-refractivity contribution in [3.8, 4) is 5.75 Å². The van der Waals surface area contributed by atoms with Crippen LogP contribution in [-0.4, -0.2) is 72.4 Å². The maximum absolute atomic E-state index is 12.6. The van der Waals surface area contributed by atoms with Gasteiger partial charge < -0.3 is 24.8 Å². The van der Waals surface area contributed by atoms with Crippen molar-refractivity contribution in [2.24, 2.45) is 0 Å². The normalized spacial score (nSPS) is 19.5. The molecule has 0 saturated carbocycles. The molecule has 9 heteroatoms. The third-order valence-corrected chi connectivity index (χ3v) is 6.54. The van der Waals surface area contributed by atoms with Crippen LogP contribution < -0.4 is 10.1 Å². The number of nitrogens with zero attached hydrogens (tertiary/aromatic N) is 3. The third kappa shape index (κ3) is 4.92. The number of aromatic nitrogens is 1. The van der Waals surface area contributed by atoms with Gasteiger partial charge in [0.15, 0.2) is 0 Å². The SMILES string of the molecule is COc1ccc(NC(=O)N2CCC(O)(c3csc(CN4CCOCC4)n3)CC2)cc1. The molecule has 1 aromatic heterocycles. The summed E-state index contributed by atoms with van der Waals surface area (Å²) in [6.45, 7) is 5.10. The molecule has 1 aromatic carbocycles. The van der Waals surface area contributed by atoms with Crippen molar-refractivity contribution in [2.75, 3.05) is 51.8 Å². The van der Waals surface area contributed by atoms with Gasteiger partial charge in [-0.2, -0.15) is 0 Å². The van der Waals surface area contributed by atoms with Gasteiger partial charge in [-0.15, -0.1) is 11.3 Å². The van der Waals surface area contributed by atoms with Crippen molar-refractivity contribution >= 4 is 23.1 Å². The number of amides is 2. The Bertz CT molecular complexity index is 843. The summed E-state index contributed by atoms with van der Waals surface area (Å²) in [6, 6.07) is 7.07. The van der Waals surface area contributed by atoms with E-state index in [0.29, 0.717) is 31.6 Å². The van der Waals surface area contributed by atoms with Crippen LogP contribution in [0.4, 0.5) is 10.5 Å². The number of rotatable bonds is 5. The average molecular weight is 433 g/mol. The molecule has 0 bridgehead atoms. The molecule has 2 N–H and O–H groups in total. The zero-order chi connectivity index (χ0) is 21.0. The van der Waals surface area contributed by atoms with Crippen LogP contribution in [-0.2, 0) is 16.9 Å². The molecule has 2 fully saturated rings. The van der Waals surface area contributed by atoms with Crippen molar-refractivity contribution in [2.45, 2.75) is 25.0 Å². The number of thiazole rings is 1.